The molecule has 3 rings (SSSR count). The first kappa shape index (κ1) is 15.0. The molecule has 0 atom stereocenters. The molecule has 0 saturated carbocycles. The Morgan fingerprint density at radius 3 is 2.43 bits per heavy atom. The second kappa shape index (κ2) is 6.48. The summed E-state index contributed by atoms with van der Waals surface area (Å²) in [6, 6.07) is 17.0. The van der Waals surface area contributed by atoms with Crippen LogP contribution in [0, 0.1) is 0 Å². The van der Waals surface area contributed by atoms with Crippen molar-refractivity contribution >= 4 is 17.4 Å². The molecule has 0 unspecified atom stereocenters. The van der Waals surface area contributed by atoms with Gasteiger partial charge in [-0.25, -0.2) is 9.79 Å². The van der Waals surface area contributed by atoms with E-state index in [0.29, 0.717) is 18.2 Å². The van der Waals surface area contributed by atoms with Gasteiger partial charge in [0.05, 0.1) is 6.61 Å². The van der Waals surface area contributed by atoms with E-state index in [1.807, 2.05) is 68.4 Å². The van der Waals surface area contributed by atoms with Crippen molar-refractivity contribution in [3.05, 3.63) is 71.4 Å². The third-order valence-electron chi connectivity index (χ3n) is 3.57. The fourth-order valence-corrected chi connectivity index (χ4v) is 2.35. The molecule has 2 aromatic carbocycles. The summed E-state index contributed by atoms with van der Waals surface area (Å²) in [5.74, 6) is 0.725. The van der Waals surface area contributed by atoms with E-state index in [-0.39, 0.29) is 0 Å². The number of hydrogen-bond donors (Lipinski definition) is 0. The first-order chi connectivity index (χ1) is 11.2. The molecule has 0 radical (unpaired) electrons. The second-order valence-electron chi connectivity index (χ2n) is 5.10. The van der Waals surface area contributed by atoms with Gasteiger partial charge >= 0.3 is 5.97 Å². The Hall–Kier alpha value is -2.88. The second-order valence-corrected chi connectivity index (χ2v) is 5.10. The van der Waals surface area contributed by atoms with Crippen LogP contribution >= 0.6 is 0 Å². The van der Waals surface area contributed by atoms with E-state index in [9.17, 15) is 4.79 Å². The summed E-state index contributed by atoms with van der Waals surface area (Å²) in [6.07, 6.45) is 0. The van der Waals surface area contributed by atoms with Crippen molar-refractivity contribution in [3.8, 4) is 5.75 Å². The maximum absolute atomic E-state index is 12.1. The zero-order valence-electron chi connectivity index (χ0n) is 13.1. The average Bonchev–Trinajstić information content (AvgIpc) is 2.98. The molecule has 0 fully saturated rings. The van der Waals surface area contributed by atoms with Crippen molar-refractivity contribution in [3.63, 3.8) is 0 Å². The molecule has 23 heavy (non-hydrogen) atoms. The van der Waals surface area contributed by atoms with Gasteiger partial charge in [-0.3, -0.25) is 0 Å². The van der Waals surface area contributed by atoms with Gasteiger partial charge in [-0.15, -0.1) is 0 Å². The smallest absolute Gasteiger partial charge is 0.364 e. The van der Waals surface area contributed by atoms with Gasteiger partial charge in [-0.1, -0.05) is 30.3 Å². The number of ether oxygens (including phenoxy) is 2. The predicted octanol–water partition coefficient (Wildman–Crippen LogP) is 3.82. The fourth-order valence-electron chi connectivity index (χ4n) is 2.35. The lowest BCUT2D eigenvalue weighted by molar-refractivity contribution is -0.129. The first-order valence-electron chi connectivity index (χ1n) is 7.49. The summed E-state index contributed by atoms with van der Waals surface area (Å²) in [4.78, 5) is 16.5. The van der Waals surface area contributed by atoms with E-state index < -0.39 is 5.97 Å². The number of rotatable bonds is 4. The Labute approximate surface area is 135 Å². The van der Waals surface area contributed by atoms with E-state index in [4.69, 9.17) is 9.47 Å². The largest absolute Gasteiger partial charge is 0.494 e. The Morgan fingerprint density at radius 1 is 1.09 bits per heavy atom. The number of allylic oxidation sites excluding steroid dienone is 1. The van der Waals surface area contributed by atoms with Crippen LogP contribution in [0.15, 0.2) is 65.3 Å². The number of aliphatic imine (C=N–C) groups is 1. The number of carbonyl (C=O) groups excluding carboxylic acids is 1. The Kier molecular flexibility index (Phi) is 4.24. The summed E-state index contributed by atoms with van der Waals surface area (Å²) in [5.41, 5.74) is 2.82. The molecule has 0 aliphatic carbocycles. The minimum atomic E-state index is -0.421. The number of carbonyl (C=O) groups is 1. The average molecular weight is 307 g/mol. The van der Waals surface area contributed by atoms with Crippen LogP contribution in [0.2, 0.25) is 0 Å². The summed E-state index contributed by atoms with van der Waals surface area (Å²) in [5, 5.41) is 0. The van der Waals surface area contributed by atoms with Gasteiger partial charge in [0.25, 0.3) is 0 Å². The maximum atomic E-state index is 12.1. The quantitative estimate of drug-likeness (QED) is 0.637. The lowest BCUT2D eigenvalue weighted by Crippen LogP contribution is -2.05. The van der Waals surface area contributed by atoms with Crippen LogP contribution in [0.4, 0.5) is 0 Å². The molecule has 0 amide bonds. The van der Waals surface area contributed by atoms with Gasteiger partial charge in [0, 0.05) is 5.56 Å². The molecule has 4 nitrogen and oxygen atoms in total. The van der Waals surface area contributed by atoms with Gasteiger partial charge in [-0.2, -0.15) is 0 Å². The molecule has 2 aromatic rings. The minimum Gasteiger partial charge on any atom is -0.494 e. The molecular weight excluding hydrogens is 290 g/mol. The third-order valence-corrected chi connectivity index (χ3v) is 3.57. The van der Waals surface area contributed by atoms with Crippen molar-refractivity contribution in [1.82, 2.24) is 0 Å². The summed E-state index contributed by atoms with van der Waals surface area (Å²) in [7, 11) is 0. The Morgan fingerprint density at radius 2 is 1.78 bits per heavy atom. The van der Waals surface area contributed by atoms with Gasteiger partial charge < -0.3 is 9.47 Å². The summed E-state index contributed by atoms with van der Waals surface area (Å²) >= 11 is 0. The molecule has 0 saturated heterocycles. The molecule has 1 heterocycles. The number of benzene rings is 2. The maximum Gasteiger partial charge on any atom is 0.364 e. The lowest BCUT2D eigenvalue weighted by Gasteiger charge is -2.05. The number of hydrogen-bond acceptors (Lipinski definition) is 4. The zero-order valence-corrected chi connectivity index (χ0v) is 13.1. The van der Waals surface area contributed by atoms with Crippen LogP contribution in [0.1, 0.15) is 25.0 Å². The monoisotopic (exact) mass is 307 g/mol. The van der Waals surface area contributed by atoms with Crippen molar-refractivity contribution in [2.45, 2.75) is 13.8 Å². The van der Waals surface area contributed by atoms with Crippen LogP contribution in [0.25, 0.3) is 5.57 Å². The highest BCUT2D eigenvalue weighted by Crippen LogP contribution is 2.26. The lowest BCUT2D eigenvalue weighted by atomic mass is 10.1. The highest BCUT2D eigenvalue weighted by Gasteiger charge is 2.26. The number of nitrogens with zero attached hydrogens (tertiary/aromatic N) is 1. The van der Waals surface area contributed by atoms with Crippen molar-refractivity contribution in [2.24, 2.45) is 4.99 Å². The van der Waals surface area contributed by atoms with Gasteiger partial charge in [0.15, 0.2) is 5.70 Å². The molecule has 1 aliphatic heterocycles. The molecule has 4 heteroatoms. The number of cyclic esters (lactones) is 1. The van der Waals surface area contributed by atoms with Crippen molar-refractivity contribution in [1.29, 1.82) is 0 Å². The molecular formula is C19H17NO3. The SMILES string of the molecule is CCOc1ccc(C(C)=C2N=C(c3ccccc3)OC2=O)cc1. The molecule has 0 N–H and O–H groups in total. The normalized spacial score (nSPS) is 15.9. The van der Waals surface area contributed by atoms with E-state index in [2.05, 4.69) is 4.99 Å². The third kappa shape index (κ3) is 3.16. The molecule has 1 aliphatic rings. The Bertz CT molecular complexity index is 774. The predicted molar refractivity (Wildman–Crippen MR) is 89.3 cm³/mol. The van der Waals surface area contributed by atoms with Gasteiger partial charge in [-0.05, 0) is 49.2 Å². The van der Waals surface area contributed by atoms with Gasteiger partial charge in [0.2, 0.25) is 5.90 Å². The van der Waals surface area contributed by atoms with Gasteiger partial charge in [0.1, 0.15) is 5.75 Å². The van der Waals surface area contributed by atoms with E-state index in [1.54, 1.807) is 0 Å². The summed E-state index contributed by atoms with van der Waals surface area (Å²) in [6.45, 7) is 4.43. The van der Waals surface area contributed by atoms with Crippen LogP contribution in [-0.2, 0) is 9.53 Å². The molecule has 0 aromatic heterocycles. The Balaban J connectivity index is 1.93. The van der Waals surface area contributed by atoms with Crippen molar-refractivity contribution < 1.29 is 14.3 Å². The highest BCUT2D eigenvalue weighted by atomic mass is 16.6. The van der Waals surface area contributed by atoms with Crippen LogP contribution in [0.3, 0.4) is 0 Å². The molecule has 0 spiro atoms. The van der Waals surface area contributed by atoms with Crippen LogP contribution in [0.5, 0.6) is 5.75 Å². The van der Waals surface area contributed by atoms with E-state index in [1.165, 1.54) is 0 Å². The van der Waals surface area contributed by atoms with Crippen LogP contribution in [-0.4, -0.2) is 18.5 Å². The molecule has 116 valence electrons. The first-order valence-corrected chi connectivity index (χ1v) is 7.49. The van der Waals surface area contributed by atoms with Crippen LogP contribution < -0.4 is 4.74 Å². The minimum absolute atomic E-state index is 0.341. The fraction of sp³-hybridized carbons (Fsp3) is 0.158. The standard InChI is InChI=1S/C19H17NO3/c1-3-22-16-11-9-14(10-12-16)13(2)17-19(21)23-18(20-17)15-7-5-4-6-8-15/h4-12H,3H2,1-2H3. The van der Waals surface area contributed by atoms with E-state index in [0.717, 1.165) is 22.4 Å². The number of esters is 1. The summed E-state index contributed by atoms with van der Waals surface area (Å²) < 4.78 is 10.7. The van der Waals surface area contributed by atoms with E-state index >= 15 is 0 Å². The zero-order chi connectivity index (χ0) is 16.2. The highest BCUT2D eigenvalue weighted by molar-refractivity contribution is 6.14. The molecule has 0 bridgehead atoms. The van der Waals surface area contributed by atoms with Crippen molar-refractivity contribution in [2.75, 3.05) is 6.61 Å². The topological polar surface area (TPSA) is 47.9 Å².